The van der Waals surface area contributed by atoms with Gasteiger partial charge in [-0.05, 0) is 18.2 Å². The standard InChI is InChI=1S/C21H26N2O3.2ClH/c1-22-12-14-23(15-13-22)16-17-26-20(24)21(25,18-8-4-2-5-9-18)19-10-6-3-7-11-19;;/h2-11,25H,12-17H2,1H3;2*1H. The first-order chi connectivity index (χ1) is 12.6. The van der Waals surface area contributed by atoms with E-state index in [-0.39, 0.29) is 31.4 Å². The summed E-state index contributed by atoms with van der Waals surface area (Å²) >= 11 is 0. The van der Waals surface area contributed by atoms with Crippen molar-refractivity contribution in [2.24, 2.45) is 0 Å². The van der Waals surface area contributed by atoms with Gasteiger partial charge in [-0.3, -0.25) is 4.90 Å². The van der Waals surface area contributed by atoms with E-state index in [0.29, 0.717) is 17.7 Å². The van der Waals surface area contributed by atoms with E-state index in [1.165, 1.54) is 0 Å². The van der Waals surface area contributed by atoms with Gasteiger partial charge in [0.15, 0.2) is 0 Å². The SMILES string of the molecule is CN1CCN(CCOC(=O)C(O)(c2ccccc2)c2ccccc2)CC1.Cl.Cl. The van der Waals surface area contributed by atoms with Crippen LogP contribution in [0.15, 0.2) is 60.7 Å². The van der Waals surface area contributed by atoms with Crippen molar-refractivity contribution in [3.8, 4) is 0 Å². The Morgan fingerprint density at radius 3 is 1.86 bits per heavy atom. The molecule has 1 aliphatic rings. The fourth-order valence-electron chi connectivity index (χ4n) is 3.20. The van der Waals surface area contributed by atoms with Gasteiger partial charge in [0.1, 0.15) is 6.61 Å². The smallest absolute Gasteiger partial charge is 0.347 e. The first-order valence-corrected chi connectivity index (χ1v) is 9.02. The minimum Gasteiger partial charge on any atom is -0.462 e. The number of piperazine rings is 1. The third-order valence-corrected chi connectivity index (χ3v) is 4.92. The zero-order valence-electron chi connectivity index (χ0n) is 16.0. The average molecular weight is 427 g/mol. The predicted molar refractivity (Wildman–Crippen MR) is 115 cm³/mol. The van der Waals surface area contributed by atoms with E-state index in [1.54, 1.807) is 48.5 Å². The molecule has 1 aliphatic heterocycles. The highest BCUT2D eigenvalue weighted by molar-refractivity contribution is 5.86. The molecule has 1 heterocycles. The summed E-state index contributed by atoms with van der Waals surface area (Å²) in [6.45, 7) is 4.92. The largest absolute Gasteiger partial charge is 0.462 e. The van der Waals surface area contributed by atoms with Crippen molar-refractivity contribution in [2.75, 3.05) is 46.4 Å². The molecule has 7 heteroatoms. The number of esters is 1. The molecule has 28 heavy (non-hydrogen) atoms. The molecule has 0 aromatic heterocycles. The second-order valence-corrected chi connectivity index (χ2v) is 6.72. The first-order valence-electron chi connectivity index (χ1n) is 9.02. The number of ether oxygens (including phenoxy) is 1. The normalized spacial score (nSPS) is 15.2. The summed E-state index contributed by atoms with van der Waals surface area (Å²) in [5, 5.41) is 11.3. The highest BCUT2D eigenvalue weighted by Crippen LogP contribution is 2.30. The van der Waals surface area contributed by atoms with Gasteiger partial charge in [-0.1, -0.05) is 60.7 Å². The van der Waals surface area contributed by atoms with Crippen molar-refractivity contribution >= 4 is 30.8 Å². The lowest BCUT2D eigenvalue weighted by molar-refractivity contribution is -0.162. The number of rotatable bonds is 6. The minimum atomic E-state index is -1.80. The molecule has 1 N–H and O–H groups in total. The van der Waals surface area contributed by atoms with Crippen LogP contribution < -0.4 is 0 Å². The van der Waals surface area contributed by atoms with E-state index in [1.807, 2.05) is 12.1 Å². The molecule has 2 aromatic carbocycles. The molecule has 1 saturated heterocycles. The summed E-state index contributed by atoms with van der Waals surface area (Å²) in [6.07, 6.45) is 0. The van der Waals surface area contributed by atoms with E-state index in [0.717, 1.165) is 26.2 Å². The third-order valence-electron chi connectivity index (χ3n) is 4.92. The van der Waals surface area contributed by atoms with Gasteiger partial charge in [0.2, 0.25) is 5.60 Å². The molecule has 0 radical (unpaired) electrons. The number of carbonyl (C=O) groups excluding carboxylic acids is 1. The molecule has 3 rings (SSSR count). The van der Waals surface area contributed by atoms with Crippen molar-refractivity contribution in [2.45, 2.75) is 5.60 Å². The summed E-state index contributed by atoms with van der Waals surface area (Å²) in [6, 6.07) is 17.9. The van der Waals surface area contributed by atoms with Crippen LogP contribution in [0.1, 0.15) is 11.1 Å². The average Bonchev–Trinajstić information content (AvgIpc) is 2.70. The highest BCUT2D eigenvalue weighted by Gasteiger charge is 2.41. The number of carbonyl (C=O) groups is 1. The van der Waals surface area contributed by atoms with Crippen LogP contribution in [0.4, 0.5) is 0 Å². The summed E-state index contributed by atoms with van der Waals surface area (Å²) in [5.41, 5.74) is -0.781. The number of benzene rings is 2. The highest BCUT2D eigenvalue weighted by atomic mass is 35.5. The molecule has 0 atom stereocenters. The Labute approximate surface area is 179 Å². The van der Waals surface area contributed by atoms with Gasteiger partial charge in [0.05, 0.1) is 0 Å². The van der Waals surface area contributed by atoms with Crippen molar-refractivity contribution < 1.29 is 14.6 Å². The van der Waals surface area contributed by atoms with E-state index < -0.39 is 11.6 Å². The molecule has 0 unspecified atom stereocenters. The van der Waals surface area contributed by atoms with Crippen LogP contribution in [0.5, 0.6) is 0 Å². The van der Waals surface area contributed by atoms with Gasteiger partial charge < -0.3 is 14.7 Å². The minimum absolute atomic E-state index is 0. The maximum Gasteiger partial charge on any atom is 0.347 e. The molecular formula is C21H28Cl2N2O3. The molecule has 1 fully saturated rings. The monoisotopic (exact) mass is 426 g/mol. The number of halogens is 2. The van der Waals surface area contributed by atoms with E-state index in [9.17, 15) is 9.90 Å². The van der Waals surface area contributed by atoms with Crippen LogP contribution in [-0.2, 0) is 15.1 Å². The summed E-state index contributed by atoms with van der Waals surface area (Å²) in [5.74, 6) is -0.635. The lowest BCUT2D eigenvalue weighted by Gasteiger charge is -2.32. The number of likely N-dealkylation sites (N-methyl/N-ethyl adjacent to an activating group) is 1. The van der Waals surface area contributed by atoms with E-state index in [2.05, 4.69) is 16.8 Å². The molecule has 0 spiro atoms. The second kappa shape index (κ2) is 11.4. The lowest BCUT2D eigenvalue weighted by Crippen LogP contribution is -2.46. The fourth-order valence-corrected chi connectivity index (χ4v) is 3.20. The third kappa shape index (κ3) is 5.69. The van der Waals surface area contributed by atoms with Crippen LogP contribution in [0.25, 0.3) is 0 Å². The van der Waals surface area contributed by atoms with Crippen LogP contribution in [0, 0.1) is 0 Å². The molecule has 0 bridgehead atoms. The Morgan fingerprint density at radius 1 is 0.929 bits per heavy atom. The van der Waals surface area contributed by atoms with Crippen molar-refractivity contribution in [3.63, 3.8) is 0 Å². The number of hydrogen-bond donors (Lipinski definition) is 1. The van der Waals surface area contributed by atoms with Crippen LogP contribution in [-0.4, -0.2) is 67.3 Å². The molecule has 0 amide bonds. The molecule has 5 nitrogen and oxygen atoms in total. The predicted octanol–water partition coefficient (Wildman–Crippen LogP) is 2.56. The molecule has 2 aromatic rings. The Kier molecular flexibility index (Phi) is 9.93. The molecule has 0 aliphatic carbocycles. The number of nitrogens with zero attached hydrogens (tertiary/aromatic N) is 2. The van der Waals surface area contributed by atoms with Gasteiger partial charge in [0.25, 0.3) is 0 Å². The molecular weight excluding hydrogens is 399 g/mol. The van der Waals surface area contributed by atoms with Crippen LogP contribution in [0.3, 0.4) is 0 Å². The van der Waals surface area contributed by atoms with Crippen molar-refractivity contribution in [1.29, 1.82) is 0 Å². The summed E-state index contributed by atoms with van der Waals surface area (Å²) < 4.78 is 5.50. The maximum absolute atomic E-state index is 12.9. The van der Waals surface area contributed by atoms with Gasteiger partial charge >= 0.3 is 5.97 Å². The van der Waals surface area contributed by atoms with Gasteiger partial charge in [-0.25, -0.2) is 4.79 Å². The Morgan fingerprint density at radius 2 is 1.39 bits per heavy atom. The van der Waals surface area contributed by atoms with Gasteiger partial charge in [-0.15, -0.1) is 24.8 Å². The van der Waals surface area contributed by atoms with Crippen molar-refractivity contribution in [1.82, 2.24) is 9.80 Å². The molecule has 154 valence electrons. The quantitative estimate of drug-likeness (QED) is 0.719. The Hall–Kier alpha value is -1.63. The van der Waals surface area contributed by atoms with Crippen LogP contribution >= 0.6 is 24.8 Å². The summed E-state index contributed by atoms with van der Waals surface area (Å²) in [7, 11) is 2.11. The maximum atomic E-state index is 12.9. The lowest BCUT2D eigenvalue weighted by atomic mass is 9.86. The van der Waals surface area contributed by atoms with Gasteiger partial charge in [0, 0.05) is 32.7 Å². The Bertz CT molecular complexity index is 669. The topological polar surface area (TPSA) is 53.0 Å². The number of aliphatic hydroxyl groups is 1. The van der Waals surface area contributed by atoms with E-state index in [4.69, 9.17) is 4.74 Å². The zero-order chi connectivity index (χ0) is 18.4. The summed E-state index contributed by atoms with van der Waals surface area (Å²) in [4.78, 5) is 17.4. The zero-order valence-corrected chi connectivity index (χ0v) is 17.6. The van der Waals surface area contributed by atoms with E-state index >= 15 is 0 Å². The van der Waals surface area contributed by atoms with Crippen molar-refractivity contribution in [3.05, 3.63) is 71.8 Å². The first kappa shape index (κ1) is 24.4. The van der Waals surface area contributed by atoms with Gasteiger partial charge in [-0.2, -0.15) is 0 Å². The van der Waals surface area contributed by atoms with Crippen LogP contribution in [0.2, 0.25) is 0 Å². The number of hydrogen-bond acceptors (Lipinski definition) is 5. The second-order valence-electron chi connectivity index (χ2n) is 6.72. The fraction of sp³-hybridized carbons (Fsp3) is 0.381. The molecule has 0 saturated carbocycles. The Balaban J connectivity index is 0.00000196.